The Labute approximate surface area is 170 Å². The number of carboxylic acid groups (broad SMARTS) is 1. The van der Waals surface area contributed by atoms with Gasteiger partial charge in [-0.15, -0.1) is 0 Å². The highest BCUT2D eigenvalue weighted by molar-refractivity contribution is 5.85. The van der Waals surface area contributed by atoms with E-state index in [1.165, 1.54) is 0 Å². The van der Waals surface area contributed by atoms with Crippen molar-refractivity contribution in [3.05, 3.63) is 28.8 Å². The Bertz CT molecular complexity index is 787. The normalized spacial score (nSPS) is 13.3. The second-order valence-corrected chi connectivity index (χ2v) is 7.91. The molecule has 170 valence electrons. The molecule has 0 radical (unpaired) electrons. The van der Waals surface area contributed by atoms with Crippen LogP contribution in [0.3, 0.4) is 0 Å². The predicted molar refractivity (Wildman–Crippen MR) is 96.8 cm³/mol. The van der Waals surface area contributed by atoms with Crippen LogP contribution in [0.4, 0.5) is 26.3 Å². The summed E-state index contributed by atoms with van der Waals surface area (Å²) in [5.41, 5.74) is 1.28. The second kappa shape index (κ2) is 8.47. The van der Waals surface area contributed by atoms with Gasteiger partial charge in [-0.1, -0.05) is 53.7 Å². The Hall–Kier alpha value is -2.26. The molecule has 0 aromatic heterocycles. The highest BCUT2D eigenvalue weighted by Gasteiger charge is 2.79. The molecule has 0 amide bonds. The molecular weight excluding hydrogens is 418 g/mol. The molecule has 0 atom stereocenters. The lowest BCUT2D eigenvalue weighted by molar-refractivity contribution is -0.297. The number of carbonyl (C=O) groups excluding carboxylic acids is 1. The van der Waals surface area contributed by atoms with Crippen LogP contribution in [-0.4, -0.2) is 34.8 Å². The summed E-state index contributed by atoms with van der Waals surface area (Å²) in [5, 5.41) is 8.21. The summed E-state index contributed by atoms with van der Waals surface area (Å²) in [6.45, 7) is 10.3. The van der Waals surface area contributed by atoms with Gasteiger partial charge in [-0.3, -0.25) is 0 Å². The van der Waals surface area contributed by atoms with Crippen molar-refractivity contribution in [3.63, 3.8) is 0 Å². The number of aliphatic carboxylic acids is 1. The molecule has 0 aliphatic heterocycles. The summed E-state index contributed by atoms with van der Waals surface area (Å²) in [6, 6.07) is 3.12. The molecule has 1 N–H and O–H groups in total. The smallest absolute Gasteiger partial charge is 0.411 e. The van der Waals surface area contributed by atoms with E-state index in [0.29, 0.717) is 0 Å². The first-order valence-electron chi connectivity index (χ1n) is 9.16. The maximum atomic E-state index is 14.0. The number of benzene rings is 1. The van der Waals surface area contributed by atoms with Gasteiger partial charge in [0.15, 0.2) is 0 Å². The van der Waals surface area contributed by atoms with Gasteiger partial charge in [-0.25, -0.2) is 9.59 Å². The molecule has 4 nitrogen and oxygen atoms in total. The molecule has 0 unspecified atom stereocenters. The van der Waals surface area contributed by atoms with Crippen LogP contribution in [0.5, 0.6) is 5.75 Å². The van der Waals surface area contributed by atoms with Crippen LogP contribution in [0.25, 0.3) is 0 Å². The van der Waals surface area contributed by atoms with Gasteiger partial charge in [0.05, 0.1) is 0 Å². The molecule has 0 aliphatic carbocycles. The molecule has 1 rings (SSSR count). The summed E-state index contributed by atoms with van der Waals surface area (Å²) in [6.07, 6.45) is 0. The average Bonchev–Trinajstić information content (AvgIpc) is 2.60. The Morgan fingerprint density at radius 2 is 1.20 bits per heavy atom. The fraction of sp³-hybridized carbons (Fsp3) is 0.600. The van der Waals surface area contributed by atoms with Crippen LogP contribution in [-0.2, 0) is 9.59 Å². The van der Waals surface area contributed by atoms with E-state index < -0.39 is 47.3 Å². The van der Waals surface area contributed by atoms with Crippen LogP contribution in [0.2, 0.25) is 0 Å². The number of carbonyl (C=O) groups is 2. The Balaban J connectivity index is 3.58. The van der Waals surface area contributed by atoms with Crippen LogP contribution in [0.15, 0.2) is 12.1 Å². The van der Waals surface area contributed by atoms with Crippen LogP contribution >= 0.6 is 0 Å². The highest BCUT2D eigenvalue weighted by atomic mass is 19.3. The molecule has 0 aliphatic rings. The van der Waals surface area contributed by atoms with E-state index in [1.54, 1.807) is 39.8 Å². The largest absolute Gasteiger partial charge is 0.477 e. The lowest BCUT2D eigenvalue weighted by Crippen LogP contribution is -2.61. The van der Waals surface area contributed by atoms with Gasteiger partial charge < -0.3 is 9.84 Å². The molecule has 0 bridgehead atoms. The van der Waals surface area contributed by atoms with E-state index in [0.717, 1.165) is 5.56 Å². The second-order valence-electron chi connectivity index (χ2n) is 7.91. The Kier molecular flexibility index (Phi) is 7.28. The van der Waals surface area contributed by atoms with Gasteiger partial charge in [-0.2, -0.15) is 26.3 Å². The van der Waals surface area contributed by atoms with Gasteiger partial charge in [0.2, 0.25) is 0 Å². The minimum Gasteiger partial charge on any atom is -0.477 e. The zero-order valence-corrected chi connectivity index (χ0v) is 17.3. The fourth-order valence-corrected chi connectivity index (χ4v) is 2.62. The van der Waals surface area contributed by atoms with E-state index in [-0.39, 0.29) is 17.0 Å². The van der Waals surface area contributed by atoms with Crippen molar-refractivity contribution in [1.82, 2.24) is 0 Å². The van der Waals surface area contributed by atoms with E-state index in [9.17, 15) is 35.9 Å². The number of rotatable bonds is 8. The third-order valence-electron chi connectivity index (χ3n) is 4.59. The van der Waals surface area contributed by atoms with Crippen molar-refractivity contribution in [1.29, 1.82) is 0 Å². The SMILES string of the molecule is CC(C)c1cc(C(C)C)c(OC(=O)C(F)(F)C(F)(F)C(F)(F)C(=O)O)c(C(C)C)c1. The standard InChI is InChI=1S/C20H24F6O4/c1-9(2)12-7-13(10(3)4)15(14(8-12)11(5)6)30-17(29)19(23,24)20(25,26)18(21,22)16(27)28/h7-11H,1-6H3,(H,27,28). The minimum atomic E-state index is -6.52. The third-order valence-corrected chi connectivity index (χ3v) is 4.59. The maximum Gasteiger partial charge on any atom is 0.411 e. The van der Waals surface area contributed by atoms with E-state index >= 15 is 0 Å². The molecule has 10 heteroatoms. The number of hydrogen-bond acceptors (Lipinski definition) is 3. The number of esters is 1. The zero-order chi connectivity index (χ0) is 23.8. The topological polar surface area (TPSA) is 63.6 Å². The fourth-order valence-electron chi connectivity index (χ4n) is 2.62. The molecule has 1 aromatic rings. The predicted octanol–water partition coefficient (Wildman–Crippen LogP) is 5.95. The molecule has 1 aromatic carbocycles. The quantitative estimate of drug-likeness (QED) is 0.307. The molecule has 0 fully saturated rings. The average molecular weight is 442 g/mol. The first kappa shape index (κ1) is 25.8. The van der Waals surface area contributed by atoms with Crippen LogP contribution in [0, 0.1) is 0 Å². The zero-order valence-electron chi connectivity index (χ0n) is 17.3. The lowest BCUT2D eigenvalue weighted by atomic mass is 9.88. The summed E-state index contributed by atoms with van der Waals surface area (Å²) >= 11 is 0. The van der Waals surface area contributed by atoms with E-state index in [2.05, 4.69) is 4.74 Å². The number of carboxylic acids is 1. The summed E-state index contributed by atoms with van der Waals surface area (Å²) in [7, 11) is 0. The van der Waals surface area contributed by atoms with E-state index in [1.807, 2.05) is 13.8 Å². The Morgan fingerprint density at radius 1 is 0.800 bits per heavy atom. The van der Waals surface area contributed by atoms with Crippen molar-refractivity contribution >= 4 is 11.9 Å². The number of hydrogen-bond donors (Lipinski definition) is 1. The first-order valence-corrected chi connectivity index (χ1v) is 9.16. The number of alkyl halides is 6. The van der Waals surface area contributed by atoms with Crippen molar-refractivity contribution in [2.45, 2.75) is 77.1 Å². The van der Waals surface area contributed by atoms with Crippen molar-refractivity contribution in [2.24, 2.45) is 0 Å². The van der Waals surface area contributed by atoms with Gasteiger partial charge in [0.1, 0.15) is 5.75 Å². The molecule has 30 heavy (non-hydrogen) atoms. The summed E-state index contributed by atoms with van der Waals surface area (Å²) in [5.74, 6) is -26.5. The summed E-state index contributed by atoms with van der Waals surface area (Å²) in [4.78, 5) is 22.3. The van der Waals surface area contributed by atoms with Gasteiger partial charge >= 0.3 is 29.7 Å². The summed E-state index contributed by atoms with van der Waals surface area (Å²) < 4.78 is 86.5. The van der Waals surface area contributed by atoms with E-state index in [4.69, 9.17) is 5.11 Å². The number of halogens is 6. The molecular formula is C20H24F6O4. The lowest BCUT2D eigenvalue weighted by Gasteiger charge is -2.29. The highest BCUT2D eigenvalue weighted by Crippen LogP contribution is 2.47. The molecule has 0 spiro atoms. The molecule has 0 saturated heterocycles. The minimum absolute atomic E-state index is 0.00443. The van der Waals surface area contributed by atoms with Gasteiger partial charge in [0, 0.05) is 0 Å². The van der Waals surface area contributed by atoms with Crippen molar-refractivity contribution in [2.75, 3.05) is 0 Å². The molecule has 0 saturated carbocycles. The van der Waals surface area contributed by atoms with Crippen molar-refractivity contribution < 1.29 is 45.8 Å². The third kappa shape index (κ3) is 4.41. The van der Waals surface area contributed by atoms with Crippen LogP contribution in [0.1, 0.15) is 76.0 Å². The maximum absolute atomic E-state index is 14.0. The first-order chi connectivity index (χ1) is 13.4. The monoisotopic (exact) mass is 442 g/mol. The number of ether oxygens (including phenoxy) is 1. The van der Waals surface area contributed by atoms with Gasteiger partial charge in [0.25, 0.3) is 0 Å². The molecule has 0 heterocycles. The van der Waals surface area contributed by atoms with Gasteiger partial charge in [-0.05, 0) is 34.4 Å². The Morgan fingerprint density at radius 3 is 1.50 bits per heavy atom. The van der Waals surface area contributed by atoms with Crippen molar-refractivity contribution in [3.8, 4) is 5.75 Å². The van der Waals surface area contributed by atoms with Crippen LogP contribution < -0.4 is 4.74 Å².